The fraction of sp³-hybridized carbons (Fsp3) is 0.308. The smallest absolute Gasteiger partial charge is 0.296 e. The average Bonchev–Trinajstić information content (AvgIpc) is 3.37. The molecule has 0 aliphatic carbocycles. The Morgan fingerprint density at radius 1 is 0.911 bits per heavy atom. The van der Waals surface area contributed by atoms with Gasteiger partial charge in [-0.25, -0.2) is 0 Å². The third-order valence-corrected chi connectivity index (χ3v) is 9.22. The van der Waals surface area contributed by atoms with E-state index in [0.29, 0.717) is 17.8 Å². The molecule has 6 nitrogen and oxygen atoms in total. The maximum Gasteiger partial charge on any atom is 0.296 e. The van der Waals surface area contributed by atoms with Crippen LogP contribution in [0.1, 0.15) is 70.6 Å². The lowest BCUT2D eigenvalue weighted by Gasteiger charge is -2.27. The van der Waals surface area contributed by atoms with Crippen molar-refractivity contribution in [3.8, 4) is 0 Å². The highest BCUT2D eigenvalue weighted by Crippen LogP contribution is 2.47. The van der Waals surface area contributed by atoms with E-state index in [-0.39, 0.29) is 16.7 Å². The van der Waals surface area contributed by atoms with Gasteiger partial charge in [-0.15, -0.1) is 0 Å². The number of nitrogens with one attached hydrogen (secondary N) is 1. The number of carbonyl (C=O) groups is 1. The summed E-state index contributed by atoms with van der Waals surface area (Å²) >= 11 is 0. The summed E-state index contributed by atoms with van der Waals surface area (Å²) in [5, 5.41) is 2.98. The number of amides is 1. The normalized spacial score (nSPS) is 17.2. The van der Waals surface area contributed by atoms with E-state index in [2.05, 4.69) is 133 Å². The fourth-order valence-electron chi connectivity index (χ4n) is 6.70. The maximum atomic E-state index is 12.7. The summed E-state index contributed by atoms with van der Waals surface area (Å²) in [6.07, 6.45) is 13.0. The molecule has 0 unspecified atom stereocenters. The molecular weight excluding hydrogens is 554 g/mol. The summed E-state index contributed by atoms with van der Waals surface area (Å²) in [6.45, 7) is 11.7. The highest BCUT2D eigenvalue weighted by atomic mass is 16.1. The Bertz CT molecular complexity index is 1780. The van der Waals surface area contributed by atoms with E-state index >= 15 is 0 Å². The first-order valence-electron chi connectivity index (χ1n) is 15.8. The van der Waals surface area contributed by atoms with E-state index in [1.807, 2.05) is 24.3 Å². The summed E-state index contributed by atoms with van der Waals surface area (Å²) in [5.74, 6) is -0.0181. The van der Waals surface area contributed by atoms with Gasteiger partial charge in [-0.05, 0) is 62.6 Å². The number of carbonyl (C=O) groups excluding carboxylic acids is 1. The number of hydrogen-bond donors (Lipinski definition) is 1. The maximum absolute atomic E-state index is 12.7. The monoisotopic (exact) mass is 598 g/mol. The molecule has 2 aliphatic rings. The van der Waals surface area contributed by atoms with Crippen LogP contribution in [-0.2, 0) is 15.6 Å². The number of allylic oxidation sites excluding steroid dienone is 6. The van der Waals surface area contributed by atoms with Crippen LogP contribution >= 0.6 is 0 Å². The Morgan fingerprint density at radius 2 is 1.64 bits per heavy atom. The molecule has 1 N–H and O–H groups in total. The molecule has 3 aromatic carbocycles. The van der Waals surface area contributed by atoms with Gasteiger partial charge in [0.1, 0.15) is 7.05 Å². The van der Waals surface area contributed by atoms with E-state index in [1.54, 1.807) is 6.92 Å². The number of fused-ring (bicyclic) bond motifs is 2. The Balaban J connectivity index is 1.25. The van der Waals surface area contributed by atoms with Crippen LogP contribution < -0.4 is 10.2 Å². The molecule has 230 valence electrons. The predicted octanol–water partition coefficient (Wildman–Crippen LogP) is 8.33. The van der Waals surface area contributed by atoms with Gasteiger partial charge in [0.25, 0.3) is 5.71 Å². The Morgan fingerprint density at radius 3 is 2.40 bits per heavy atom. The van der Waals surface area contributed by atoms with Crippen molar-refractivity contribution in [2.75, 3.05) is 23.8 Å². The topological polar surface area (TPSA) is 71.8 Å². The van der Waals surface area contributed by atoms with Crippen LogP contribution in [-0.4, -0.2) is 40.3 Å². The van der Waals surface area contributed by atoms with Gasteiger partial charge < -0.3 is 15.7 Å². The van der Waals surface area contributed by atoms with Crippen molar-refractivity contribution < 1.29 is 14.2 Å². The molecule has 0 saturated heterocycles. The number of para-hydroxylation sites is 2. The number of anilines is 2. The summed E-state index contributed by atoms with van der Waals surface area (Å²) in [5.41, 5.74) is 18.6. The second kappa shape index (κ2) is 13.1. The van der Waals surface area contributed by atoms with Gasteiger partial charge in [-0.3, -0.25) is 4.79 Å². The lowest BCUT2D eigenvalue weighted by atomic mass is 9.81. The molecule has 0 fully saturated rings. The highest BCUT2D eigenvalue weighted by Gasteiger charge is 2.42. The molecular formula is C39H44N5O+. The van der Waals surface area contributed by atoms with Gasteiger partial charge in [0.2, 0.25) is 11.6 Å². The molecule has 45 heavy (non-hydrogen) atoms. The van der Waals surface area contributed by atoms with E-state index < -0.39 is 0 Å². The third-order valence-electron chi connectivity index (χ3n) is 9.22. The summed E-state index contributed by atoms with van der Waals surface area (Å²) in [6, 6.07) is 24.6. The lowest BCUT2D eigenvalue weighted by molar-refractivity contribution is -0.401. The van der Waals surface area contributed by atoms with E-state index in [4.69, 9.17) is 5.53 Å². The van der Waals surface area contributed by atoms with Gasteiger partial charge in [-0.2, -0.15) is 9.37 Å². The molecule has 6 heteroatoms. The van der Waals surface area contributed by atoms with Crippen molar-refractivity contribution in [1.29, 1.82) is 0 Å². The van der Waals surface area contributed by atoms with E-state index in [9.17, 15) is 4.79 Å². The van der Waals surface area contributed by atoms with Crippen LogP contribution in [0.4, 0.5) is 17.1 Å². The molecule has 3 aromatic rings. The van der Waals surface area contributed by atoms with Gasteiger partial charge in [0.15, 0.2) is 5.71 Å². The first-order chi connectivity index (χ1) is 21.6. The SMILES string of the molecule is CC(=[N+]=[N-])c1cccc(NC(=O)CCCCN2/C(=C/C=C/C=C/C3=[N+](C)c4ccccc4C3(C)C)C(C)(C)c3ccccc32)c1. The zero-order valence-corrected chi connectivity index (χ0v) is 27.3. The predicted molar refractivity (Wildman–Crippen MR) is 186 cm³/mol. The van der Waals surface area contributed by atoms with Crippen LogP contribution in [0.5, 0.6) is 0 Å². The van der Waals surface area contributed by atoms with Crippen LogP contribution in [0.3, 0.4) is 0 Å². The van der Waals surface area contributed by atoms with Gasteiger partial charge in [0, 0.05) is 60.1 Å². The minimum atomic E-state index is -0.132. The van der Waals surface area contributed by atoms with Gasteiger partial charge in [0.05, 0.1) is 11.0 Å². The van der Waals surface area contributed by atoms with Crippen molar-refractivity contribution in [3.63, 3.8) is 0 Å². The largest absolute Gasteiger partial charge is 0.361 e. The summed E-state index contributed by atoms with van der Waals surface area (Å²) < 4.78 is 2.29. The van der Waals surface area contributed by atoms with Crippen molar-refractivity contribution >= 4 is 34.4 Å². The van der Waals surface area contributed by atoms with Crippen molar-refractivity contribution in [2.45, 2.75) is 64.7 Å². The van der Waals surface area contributed by atoms with Crippen molar-refractivity contribution in [1.82, 2.24) is 0 Å². The molecule has 0 atom stereocenters. The minimum Gasteiger partial charge on any atom is -0.361 e. The lowest BCUT2D eigenvalue weighted by Crippen LogP contribution is -2.27. The van der Waals surface area contributed by atoms with Crippen LogP contribution in [0.2, 0.25) is 0 Å². The number of rotatable bonds is 10. The average molecular weight is 599 g/mol. The number of nitrogens with zero attached hydrogens (tertiary/aromatic N) is 4. The molecule has 1 amide bonds. The van der Waals surface area contributed by atoms with Crippen molar-refractivity contribution in [3.05, 3.63) is 131 Å². The van der Waals surface area contributed by atoms with Gasteiger partial charge in [-0.1, -0.05) is 74.5 Å². The number of hydrogen-bond acceptors (Lipinski definition) is 2. The number of unbranched alkanes of at least 4 members (excludes halogenated alkanes) is 1. The number of benzene rings is 3. The summed E-state index contributed by atoms with van der Waals surface area (Å²) in [7, 11) is 2.14. The van der Waals surface area contributed by atoms with E-state index in [1.165, 1.54) is 33.9 Å². The van der Waals surface area contributed by atoms with Crippen molar-refractivity contribution in [2.24, 2.45) is 0 Å². The standard InChI is InChI=1S/C39H43N5O/c1-28(42-40)29-17-16-18-30(27-29)41-37(45)25-14-15-26-44-34-22-13-11-20-32(34)39(4,5)36(44)24-9-7-8-23-35-38(2,3)31-19-10-12-21-33(31)43(35)6/h7-13,16-24,27H,14-15,25-26H2,1-6H3/p+1. The van der Waals surface area contributed by atoms with E-state index in [0.717, 1.165) is 24.9 Å². The molecule has 5 rings (SSSR count). The molecule has 0 spiro atoms. The van der Waals surface area contributed by atoms with Crippen LogP contribution in [0.25, 0.3) is 5.53 Å². The quantitative estimate of drug-likeness (QED) is 0.0636. The second-order valence-electron chi connectivity index (χ2n) is 12.9. The van der Waals surface area contributed by atoms with Crippen LogP contribution in [0, 0.1) is 0 Å². The Hall–Kier alpha value is -4.80. The molecule has 0 bridgehead atoms. The molecule has 2 aliphatic heterocycles. The fourth-order valence-corrected chi connectivity index (χ4v) is 6.70. The Labute approximate surface area is 267 Å². The zero-order valence-electron chi connectivity index (χ0n) is 27.3. The molecule has 2 heterocycles. The first-order valence-corrected chi connectivity index (χ1v) is 15.8. The van der Waals surface area contributed by atoms with Crippen LogP contribution in [0.15, 0.2) is 109 Å². The third kappa shape index (κ3) is 6.38. The second-order valence-corrected chi connectivity index (χ2v) is 12.9. The highest BCUT2D eigenvalue weighted by molar-refractivity contribution is 6.03. The first kappa shape index (κ1) is 31.6. The molecule has 0 aromatic heterocycles. The molecule has 0 saturated carbocycles. The summed E-state index contributed by atoms with van der Waals surface area (Å²) in [4.78, 5) is 18.4. The molecule has 0 radical (unpaired) electrons. The minimum absolute atomic E-state index is 0.0181. The Kier molecular flexibility index (Phi) is 9.17. The zero-order chi connectivity index (χ0) is 32.2. The van der Waals surface area contributed by atoms with Gasteiger partial charge >= 0.3 is 0 Å².